The van der Waals surface area contributed by atoms with E-state index in [0.29, 0.717) is 17.2 Å². The standard InChI is InChI=1S/C16H20N2O3/c1-11-3-4-12(2)18(10-11)16(21)14-7-5-13(9-17-14)6-8-15(19)20/h5-9,11-12H,3-4,10H2,1-2H3,(H,19,20). The maximum atomic E-state index is 12.5. The number of carboxylic acids is 1. The van der Waals surface area contributed by atoms with E-state index in [-0.39, 0.29) is 11.9 Å². The van der Waals surface area contributed by atoms with Crippen LogP contribution >= 0.6 is 0 Å². The van der Waals surface area contributed by atoms with Crippen LogP contribution in [0.15, 0.2) is 24.4 Å². The van der Waals surface area contributed by atoms with Crippen LogP contribution in [0.4, 0.5) is 0 Å². The molecule has 112 valence electrons. The minimum atomic E-state index is -1.01. The smallest absolute Gasteiger partial charge is 0.328 e. The van der Waals surface area contributed by atoms with Gasteiger partial charge in [0, 0.05) is 24.9 Å². The molecule has 0 saturated carbocycles. The van der Waals surface area contributed by atoms with Gasteiger partial charge in [-0.3, -0.25) is 9.78 Å². The van der Waals surface area contributed by atoms with E-state index >= 15 is 0 Å². The molecule has 2 rings (SSSR count). The fourth-order valence-electron chi connectivity index (χ4n) is 2.52. The molecule has 0 spiro atoms. The Hall–Kier alpha value is -2.17. The number of carboxylic acid groups (broad SMARTS) is 1. The van der Waals surface area contributed by atoms with Crippen molar-refractivity contribution in [2.75, 3.05) is 6.54 Å². The highest BCUT2D eigenvalue weighted by molar-refractivity contribution is 5.93. The highest BCUT2D eigenvalue weighted by Gasteiger charge is 2.28. The second kappa shape index (κ2) is 6.52. The third-order valence-electron chi connectivity index (χ3n) is 3.80. The van der Waals surface area contributed by atoms with E-state index < -0.39 is 5.97 Å². The molecule has 1 aromatic heterocycles. The van der Waals surface area contributed by atoms with E-state index in [4.69, 9.17) is 5.11 Å². The number of aliphatic carboxylic acids is 1. The molecule has 1 fully saturated rings. The zero-order valence-corrected chi connectivity index (χ0v) is 12.3. The molecule has 1 amide bonds. The Labute approximate surface area is 124 Å². The van der Waals surface area contributed by atoms with E-state index in [0.717, 1.165) is 25.5 Å². The molecule has 1 aliphatic rings. The van der Waals surface area contributed by atoms with E-state index in [1.54, 1.807) is 12.1 Å². The van der Waals surface area contributed by atoms with Crippen molar-refractivity contribution in [3.05, 3.63) is 35.7 Å². The lowest BCUT2D eigenvalue weighted by Gasteiger charge is -2.36. The minimum absolute atomic E-state index is 0.0529. The van der Waals surface area contributed by atoms with E-state index in [2.05, 4.69) is 18.8 Å². The summed E-state index contributed by atoms with van der Waals surface area (Å²) in [6, 6.07) is 3.59. The molecule has 2 atom stereocenters. The summed E-state index contributed by atoms with van der Waals surface area (Å²) in [5.41, 5.74) is 1.07. The molecule has 1 aromatic rings. The molecular formula is C16H20N2O3. The summed E-state index contributed by atoms with van der Waals surface area (Å²) in [5, 5.41) is 8.57. The summed E-state index contributed by atoms with van der Waals surface area (Å²) in [5.74, 6) is -0.544. The first kappa shape index (κ1) is 15.2. The van der Waals surface area contributed by atoms with Crippen LogP contribution in [0.5, 0.6) is 0 Å². The number of carbonyl (C=O) groups excluding carboxylic acids is 1. The normalized spacial score (nSPS) is 22.5. The van der Waals surface area contributed by atoms with Crippen LogP contribution in [-0.2, 0) is 4.79 Å². The fraction of sp³-hybridized carbons (Fsp3) is 0.438. The van der Waals surface area contributed by atoms with Gasteiger partial charge in [0.05, 0.1) is 0 Å². The maximum Gasteiger partial charge on any atom is 0.328 e. The third kappa shape index (κ3) is 3.90. The van der Waals surface area contributed by atoms with Crippen molar-refractivity contribution in [1.82, 2.24) is 9.88 Å². The Morgan fingerprint density at radius 1 is 1.33 bits per heavy atom. The first-order valence-corrected chi connectivity index (χ1v) is 7.15. The topological polar surface area (TPSA) is 70.5 Å². The quantitative estimate of drug-likeness (QED) is 0.867. The highest BCUT2D eigenvalue weighted by atomic mass is 16.4. The minimum Gasteiger partial charge on any atom is -0.478 e. The number of amides is 1. The number of likely N-dealkylation sites (tertiary alicyclic amines) is 1. The van der Waals surface area contributed by atoms with Gasteiger partial charge in [0.15, 0.2) is 0 Å². The second-order valence-corrected chi connectivity index (χ2v) is 5.64. The predicted octanol–water partition coefficient (Wildman–Crippen LogP) is 2.44. The first-order valence-electron chi connectivity index (χ1n) is 7.15. The van der Waals surface area contributed by atoms with Crippen LogP contribution < -0.4 is 0 Å². The van der Waals surface area contributed by atoms with Gasteiger partial charge in [-0.05, 0) is 43.4 Å². The van der Waals surface area contributed by atoms with Gasteiger partial charge in [-0.1, -0.05) is 13.0 Å². The molecular weight excluding hydrogens is 268 g/mol. The summed E-state index contributed by atoms with van der Waals surface area (Å²) < 4.78 is 0. The molecule has 21 heavy (non-hydrogen) atoms. The number of nitrogens with zero attached hydrogens (tertiary/aromatic N) is 2. The zero-order valence-electron chi connectivity index (χ0n) is 12.3. The van der Waals surface area contributed by atoms with E-state index in [1.165, 1.54) is 12.3 Å². The van der Waals surface area contributed by atoms with Gasteiger partial charge < -0.3 is 10.0 Å². The molecule has 5 nitrogen and oxygen atoms in total. The van der Waals surface area contributed by atoms with Crippen LogP contribution in [0.3, 0.4) is 0 Å². The number of aromatic nitrogens is 1. The summed E-state index contributed by atoms with van der Waals surface area (Å²) in [6.07, 6.45) is 6.19. The van der Waals surface area contributed by atoms with Crippen molar-refractivity contribution in [1.29, 1.82) is 0 Å². The second-order valence-electron chi connectivity index (χ2n) is 5.64. The number of carbonyl (C=O) groups is 2. The first-order chi connectivity index (χ1) is 9.97. The van der Waals surface area contributed by atoms with Crippen LogP contribution in [0.2, 0.25) is 0 Å². The lowest BCUT2D eigenvalue weighted by molar-refractivity contribution is -0.131. The van der Waals surface area contributed by atoms with E-state index in [9.17, 15) is 9.59 Å². The third-order valence-corrected chi connectivity index (χ3v) is 3.80. The molecule has 1 saturated heterocycles. The lowest BCUT2D eigenvalue weighted by Crippen LogP contribution is -2.45. The van der Waals surface area contributed by atoms with Crippen LogP contribution in [-0.4, -0.2) is 39.5 Å². The Kier molecular flexibility index (Phi) is 4.73. The molecule has 0 aromatic carbocycles. The summed E-state index contributed by atoms with van der Waals surface area (Å²) in [6.45, 7) is 4.98. The van der Waals surface area contributed by atoms with Gasteiger partial charge in [-0.2, -0.15) is 0 Å². The average Bonchev–Trinajstić information content (AvgIpc) is 2.47. The zero-order chi connectivity index (χ0) is 15.4. The van der Waals surface area contributed by atoms with Gasteiger partial charge in [0.1, 0.15) is 5.69 Å². The molecule has 2 unspecified atom stereocenters. The summed E-state index contributed by atoms with van der Waals surface area (Å²) in [7, 11) is 0. The fourth-order valence-corrected chi connectivity index (χ4v) is 2.52. The van der Waals surface area contributed by atoms with Crippen LogP contribution in [0.25, 0.3) is 6.08 Å². The number of pyridine rings is 1. The van der Waals surface area contributed by atoms with Crippen LogP contribution in [0.1, 0.15) is 42.7 Å². The van der Waals surface area contributed by atoms with Crippen molar-refractivity contribution in [3.8, 4) is 0 Å². The maximum absolute atomic E-state index is 12.5. The lowest BCUT2D eigenvalue weighted by atomic mass is 9.95. The van der Waals surface area contributed by atoms with Gasteiger partial charge in [-0.25, -0.2) is 4.79 Å². The Bertz CT molecular complexity index is 551. The van der Waals surface area contributed by atoms with Gasteiger partial charge in [0.2, 0.25) is 0 Å². The molecule has 1 N–H and O–H groups in total. The Morgan fingerprint density at radius 3 is 2.71 bits per heavy atom. The summed E-state index contributed by atoms with van der Waals surface area (Å²) >= 11 is 0. The SMILES string of the molecule is CC1CCC(C)N(C(=O)c2ccc(C=CC(=O)O)cn2)C1. The number of hydrogen-bond donors (Lipinski definition) is 1. The van der Waals surface area contributed by atoms with Crippen molar-refractivity contribution in [3.63, 3.8) is 0 Å². The monoisotopic (exact) mass is 288 g/mol. The molecule has 0 aliphatic carbocycles. The van der Waals surface area contributed by atoms with Crippen LogP contribution in [0, 0.1) is 5.92 Å². The van der Waals surface area contributed by atoms with E-state index in [1.807, 2.05) is 4.90 Å². The highest BCUT2D eigenvalue weighted by Crippen LogP contribution is 2.22. The number of piperidine rings is 1. The Balaban J connectivity index is 2.10. The largest absolute Gasteiger partial charge is 0.478 e. The summed E-state index contributed by atoms with van der Waals surface area (Å²) in [4.78, 5) is 29.0. The predicted molar refractivity (Wildman–Crippen MR) is 79.8 cm³/mol. The number of hydrogen-bond acceptors (Lipinski definition) is 3. The molecule has 1 aliphatic heterocycles. The molecule has 0 bridgehead atoms. The molecule has 2 heterocycles. The van der Waals surface area contributed by atoms with Crippen molar-refractivity contribution in [2.24, 2.45) is 5.92 Å². The van der Waals surface area contributed by atoms with Gasteiger partial charge in [-0.15, -0.1) is 0 Å². The van der Waals surface area contributed by atoms with Gasteiger partial charge >= 0.3 is 5.97 Å². The van der Waals surface area contributed by atoms with Crippen molar-refractivity contribution in [2.45, 2.75) is 32.7 Å². The van der Waals surface area contributed by atoms with Gasteiger partial charge in [0.25, 0.3) is 5.91 Å². The molecule has 5 heteroatoms. The Morgan fingerprint density at radius 2 is 2.10 bits per heavy atom. The average molecular weight is 288 g/mol. The molecule has 0 radical (unpaired) electrons. The number of rotatable bonds is 3. The van der Waals surface area contributed by atoms with Crippen molar-refractivity contribution >= 4 is 18.0 Å². The van der Waals surface area contributed by atoms with Crippen molar-refractivity contribution < 1.29 is 14.7 Å².